The molecule has 0 bridgehead atoms. The van der Waals surface area contributed by atoms with Crippen LogP contribution in [0.15, 0.2) is 36.4 Å². The molecule has 2 aromatic rings. The number of hydrogen-bond donors (Lipinski definition) is 0. The molecule has 2 fully saturated rings. The van der Waals surface area contributed by atoms with E-state index in [2.05, 4.69) is 0 Å². The molecule has 1 aliphatic carbocycles. The van der Waals surface area contributed by atoms with Gasteiger partial charge in [0.25, 0.3) is 0 Å². The molecule has 8 heteroatoms. The molecule has 0 radical (unpaired) electrons. The lowest BCUT2D eigenvalue weighted by atomic mass is 9.77. The highest BCUT2D eigenvalue weighted by atomic mass is 35.5. The molecule has 154 valence electrons. The highest BCUT2D eigenvalue weighted by molar-refractivity contribution is 6.31. The van der Waals surface area contributed by atoms with Crippen molar-refractivity contribution in [1.29, 1.82) is 0 Å². The molecular weight excluding hydrogens is 427 g/mol. The van der Waals surface area contributed by atoms with Crippen molar-refractivity contribution >= 4 is 35.4 Å². The van der Waals surface area contributed by atoms with E-state index in [9.17, 15) is 9.59 Å². The smallest absolute Gasteiger partial charge is 0.410 e. The van der Waals surface area contributed by atoms with E-state index in [1.54, 1.807) is 24.3 Å². The van der Waals surface area contributed by atoms with Crippen LogP contribution in [-0.4, -0.2) is 34.1 Å². The Morgan fingerprint density at radius 3 is 1.60 bits per heavy atom. The average molecular weight is 445 g/mol. The van der Waals surface area contributed by atoms with Crippen molar-refractivity contribution in [2.45, 2.75) is 49.9 Å². The molecule has 2 amide bonds. The Labute approximate surface area is 183 Å². The minimum absolute atomic E-state index is 0.132. The molecule has 3 heterocycles. The fraction of sp³-hybridized carbons (Fsp3) is 0.364. The van der Waals surface area contributed by atoms with E-state index in [-0.39, 0.29) is 24.3 Å². The number of carbonyl (C=O) groups excluding carboxylic acids is 2. The number of hydrogen-bond acceptors (Lipinski definition) is 4. The van der Waals surface area contributed by atoms with Crippen LogP contribution in [0.1, 0.15) is 48.9 Å². The Morgan fingerprint density at radius 2 is 1.17 bits per heavy atom. The number of nitrogens with zero attached hydrogens (tertiary/aromatic N) is 2. The molecule has 6 rings (SSSR count). The number of benzene rings is 2. The van der Waals surface area contributed by atoms with Crippen molar-refractivity contribution in [2.75, 3.05) is 0 Å². The maximum atomic E-state index is 13.2. The summed E-state index contributed by atoms with van der Waals surface area (Å²) in [5, 5.41) is 1.10. The lowest BCUT2D eigenvalue weighted by Gasteiger charge is -2.58. The molecule has 1 saturated heterocycles. The van der Waals surface area contributed by atoms with Gasteiger partial charge in [0.15, 0.2) is 0 Å². The van der Waals surface area contributed by atoms with Crippen LogP contribution in [0, 0.1) is 0 Å². The van der Waals surface area contributed by atoms with Crippen LogP contribution < -0.4 is 9.47 Å². The molecule has 0 aromatic heterocycles. The van der Waals surface area contributed by atoms with Gasteiger partial charge in [-0.2, -0.15) is 0 Å². The number of amides is 2. The Morgan fingerprint density at radius 1 is 0.733 bits per heavy atom. The highest BCUT2D eigenvalue weighted by Gasteiger charge is 2.57. The molecule has 2 aromatic carbocycles. The SMILES string of the molecule is O=C1Oc2ccc(Cl)cc2C2C3c4cc(Cl)ccc4OC(=O)N3[C@@H]3CCCC[C@H]3N12. The maximum Gasteiger partial charge on any atom is 0.416 e. The number of rotatable bonds is 0. The molecule has 4 aliphatic rings. The van der Waals surface area contributed by atoms with Crippen molar-refractivity contribution in [1.82, 2.24) is 9.80 Å². The first-order valence-corrected chi connectivity index (χ1v) is 10.9. The first-order valence-electron chi connectivity index (χ1n) is 10.1. The molecule has 1 saturated carbocycles. The minimum Gasteiger partial charge on any atom is -0.410 e. The van der Waals surface area contributed by atoms with Gasteiger partial charge in [-0.3, -0.25) is 9.80 Å². The fourth-order valence-corrected chi connectivity index (χ4v) is 5.94. The zero-order valence-corrected chi connectivity index (χ0v) is 17.4. The molecule has 3 aliphatic heterocycles. The van der Waals surface area contributed by atoms with Gasteiger partial charge in [0.1, 0.15) is 11.5 Å². The number of halogens is 2. The van der Waals surface area contributed by atoms with E-state index < -0.39 is 12.1 Å². The normalized spacial score (nSPS) is 29.0. The second kappa shape index (κ2) is 6.53. The van der Waals surface area contributed by atoms with Gasteiger partial charge in [0, 0.05) is 21.2 Å². The van der Waals surface area contributed by atoms with Crippen LogP contribution >= 0.6 is 23.2 Å². The van der Waals surface area contributed by atoms with Crippen LogP contribution in [0.4, 0.5) is 9.59 Å². The van der Waals surface area contributed by atoms with Gasteiger partial charge in [-0.25, -0.2) is 9.59 Å². The van der Waals surface area contributed by atoms with Crippen molar-refractivity contribution in [3.63, 3.8) is 0 Å². The van der Waals surface area contributed by atoms with Gasteiger partial charge < -0.3 is 9.47 Å². The first kappa shape index (κ1) is 18.3. The summed E-state index contributed by atoms with van der Waals surface area (Å²) >= 11 is 12.7. The van der Waals surface area contributed by atoms with E-state index >= 15 is 0 Å². The van der Waals surface area contributed by atoms with E-state index in [0.717, 1.165) is 36.8 Å². The van der Waals surface area contributed by atoms with E-state index in [1.807, 2.05) is 21.9 Å². The Bertz CT molecular complexity index is 1010. The number of ether oxygens (including phenoxy) is 2. The quantitative estimate of drug-likeness (QED) is 0.520. The van der Waals surface area contributed by atoms with E-state index in [0.29, 0.717) is 21.5 Å². The largest absolute Gasteiger partial charge is 0.416 e. The summed E-state index contributed by atoms with van der Waals surface area (Å²) in [6, 6.07) is 9.36. The van der Waals surface area contributed by atoms with Crippen LogP contribution in [0.3, 0.4) is 0 Å². The van der Waals surface area contributed by atoms with E-state index in [4.69, 9.17) is 32.7 Å². The summed E-state index contributed by atoms with van der Waals surface area (Å²) in [5.41, 5.74) is 1.59. The van der Waals surface area contributed by atoms with Crippen molar-refractivity contribution in [2.24, 2.45) is 0 Å². The van der Waals surface area contributed by atoms with Gasteiger partial charge in [0.2, 0.25) is 0 Å². The third-order valence-corrected chi connectivity index (χ3v) is 7.17. The van der Waals surface area contributed by atoms with Gasteiger partial charge in [-0.1, -0.05) is 36.0 Å². The van der Waals surface area contributed by atoms with Gasteiger partial charge >= 0.3 is 12.2 Å². The summed E-state index contributed by atoms with van der Waals surface area (Å²) in [6.45, 7) is 0. The molecular formula is C22H18Cl2N2O4. The van der Waals surface area contributed by atoms with E-state index in [1.165, 1.54) is 0 Å². The highest BCUT2D eigenvalue weighted by Crippen LogP contribution is 2.56. The molecule has 0 N–H and O–H groups in total. The van der Waals surface area contributed by atoms with Crippen molar-refractivity contribution in [3.05, 3.63) is 57.6 Å². The van der Waals surface area contributed by atoms with Crippen LogP contribution in [-0.2, 0) is 0 Å². The zero-order valence-electron chi connectivity index (χ0n) is 15.9. The molecule has 0 spiro atoms. The maximum absolute atomic E-state index is 13.2. The van der Waals surface area contributed by atoms with Crippen LogP contribution in [0.5, 0.6) is 11.5 Å². The number of fused-ring (bicyclic) bond motifs is 10. The second-order valence-corrected chi connectivity index (χ2v) is 9.10. The molecule has 6 nitrogen and oxygen atoms in total. The first-order chi connectivity index (χ1) is 14.5. The molecule has 4 atom stereocenters. The molecule has 30 heavy (non-hydrogen) atoms. The predicted octanol–water partition coefficient (Wildman–Crippen LogP) is 5.73. The fourth-order valence-electron chi connectivity index (χ4n) is 5.58. The second-order valence-electron chi connectivity index (χ2n) is 8.22. The minimum atomic E-state index is -0.427. The topological polar surface area (TPSA) is 59.1 Å². The lowest BCUT2D eigenvalue weighted by Crippen LogP contribution is -2.67. The molecule has 2 unspecified atom stereocenters. The van der Waals surface area contributed by atoms with Crippen LogP contribution in [0.2, 0.25) is 10.0 Å². The Kier molecular flexibility index (Phi) is 3.99. The zero-order chi connectivity index (χ0) is 20.6. The third kappa shape index (κ3) is 2.50. The summed E-state index contributed by atoms with van der Waals surface area (Å²) < 4.78 is 11.4. The van der Waals surface area contributed by atoms with Crippen molar-refractivity contribution in [3.8, 4) is 11.5 Å². The summed E-state index contributed by atoms with van der Waals surface area (Å²) in [6.07, 6.45) is 2.85. The third-order valence-electron chi connectivity index (χ3n) is 6.70. The summed E-state index contributed by atoms with van der Waals surface area (Å²) in [4.78, 5) is 30.0. The summed E-state index contributed by atoms with van der Waals surface area (Å²) in [7, 11) is 0. The van der Waals surface area contributed by atoms with Gasteiger partial charge in [-0.15, -0.1) is 0 Å². The van der Waals surface area contributed by atoms with Crippen molar-refractivity contribution < 1.29 is 19.1 Å². The van der Waals surface area contributed by atoms with Gasteiger partial charge in [-0.05, 0) is 49.2 Å². The van der Waals surface area contributed by atoms with Gasteiger partial charge in [0.05, 0.1) is 24.2 Å². The standard InChI is InChI=1S/C22H18Cl2N2O4/c23-11-5-7-17-13(9-11)19-20-14-10-12(24)6-8-18(14)30-22(28)26(20)16-4-2-1-3-15(16)25(19)21(27)29-17/h5-10,15-16,19-20H,1-4H2/t15-,16-,19?,20?/m1/s1. The predicted molar refractivity (Wildman–Crippen MR) is 110 cm³/mol. The average Bonchev–Trinajstić information content (AvgIpc) is 2.74. The van der Waals surface area contributed by atoms with Crippen LogP contribution in [0.25, 0.3) is 0 Å². The summed E-state index contributed by atoms with van der Waals surface area (Å²) in [5.74, 6) is 0.949. The Balaban J connectivity index is 1.62. The Hall–Kier alpha value is -2.44. The lowest BCUT2D eigenvalue weighted by molar-refractivity contribution is -0.0672. The number of piperazine rings is 1. The monoisotopic (exact) mass is 444 g/mol. The number of carbonyl (C=O) groups is 2.